The number of aliphatic hydroxyl groups excluding tert-OH is 3. The standard InChI is InChI=1S/C6H14O3.Nb/c1-2-6(3-7,4-8)5-9;/h7-9H,2-5H2,1H3;. The molecule has 0 bridgehead atoms. The minimum absolute atomic E-state index is 0. The monoisotopic (exact) mass is 227 g/mol. The van der Waals surface area contributed by atoms with Crippen LogP contribution in [0.2, 0.25) is 0 Å². The zero-order valence-electron chi connectivity index (χ0n) is 6.12. The molecule has 0 aliphatic carbocycles. The van der Waals surface area contributed by atoms with Crippen molar-refractivity contribution in [3.05, 3.63) is 0 Å². The van der Waals surface area contributed by atoms with Gasteiger partial charge in [-0.3, -0.25) is 0 Å². The molecule has 10 heavy (non-hydrogen) atoms. The molecule has 3 N–H and O–H groups in total. The van der Waals surface area contributed by atoms with Crippen LogP contribution in [0.1, 0.15) is 13.3 Å². The number of hydrogen-bond acceptors (Lipinski definition) is 3. The van der Waals surface area contributed by atoms with Crippen LogP contribution in [0.15, 0.2) is 0 Å². The van der Waals surface area contributed by atoms with Gasteiger partial charge in [-0.1, -0.05) is 6.92 Å². The summed E-state index contributed by atoms with van der Waals surface area (Å²) in [6.07, 6.45) is 0.594. The number of aliphatic hydroxyl groups is 3. The largest absolute Gasteiger partial charge is 0.396 e. The molecule has 0 atom stereocenters. The van der Waals surface area contributed by atoms with Crippen LogP contribution in [0, 0.1) is 5.41 Å². The van der Waals surface area contributed by atoms with Crippen LogP contribution >= 0.6 is 0 Å². The minimum atomic E-state index is -0.667. The van der Waals surface area contributed by atoms with Crippen LogP contribution < -0.4 is 0 Å². The summed E-state index contributed by atoms with van der Waals surface area (Å²) in [6.45, 7) is 1.35. The van der Waals surface area contributed by atoms with E-state index in [1.54, 1.807) is 0 Å². The van der Waals surface area contributed by atoms with Gasteiger partial charge in [0.15, 0.2) is 0 Å². The van der Waals surface area contributed by atoms with Crippen LogP contribution in [-0.2, 0) is 22.4 Å². The Morgan fingerprint density at radius 1 is 1.00 bits per heavy atom. The topological polar surface area (TPSA) is 60.7 Å². The maximum Gasteiger partial charge on any atom is 0.0531 e. The molecule has 0 unspecified atom stereocenters. The molecule has 0 aromatic heterocycles. The summed E-state index contributed by atoms with van der Waals surface area (Å²) in [7, 11) is 0. The Labute approximate surface area is 76.6 Å². The van der Waals surface area contributed by atoms with Crippen molar-refractivity contribution < 1.29 is 37.7 Å². The van der Waals surface area contributed by atoms with Crippen LogP contribution in [-0.4, -0.2) is 35.1 Å². The normalized spacial score (nSPS) is 10.8. The molecule has 0 rings (SSSR count). The molecule has 0 amide bonds. The predicted octanol–water partition coefficient (Wildman–Crippen LogP) is -0.643. The van der Waals surface area contributed by atoms with Crippen LogP contribution in [0.25, 0.3) is 0 Å². The molecule has 0 fully saturated rings. The van der Waals surface area contributed by atoms with Gasteiger partial charge in [0.25, 0.3) is 0 Å². The van der Waals surface area contributed by atoms with Crippen molar-refractivity contribution in [2.45, 2.75) is 13.3 Å². The third-order valence-electron chi connectivity index (χ3n) is 1.76. The third kappa shape index (κ3) is 3.14. The van der Waals surface area contributed by atoms with Crippen LogP contribution in [0.3, 0.4) is 0 Å². The molecule has 0 spiro atoms. The molecule has 0 aliphatic heterocycles. The molecule has 3 nitrogen and oxygen atoms in total. The second-order valence-corrected chi connectivity index (χ2v) is 2.33. The van der Waals surface area contributed by atoms with Gasteiger partial charge in [0.2, 0.25) is 0 Å². The maximum atomic E-state index is 8.66. The van der Waals surface area contributed by atoms with Gasteiger partial charge < -0.3 is 15.3 Å². The quantitative estimate of drug-likeness (QED) is 0.560. The average Bonchev–Trinajstić information content (AvgIpc) is 1.95. The van der Waals surface area contributed by atoms with E-state index in [1.165, 1.54) is 0 Å². The van der Waals surface area contributed by atoms with E-state index in [0.29, 0.717) is 6.42 Å². The Hall–Kier alpha value is 0.620. The summed E-state index contributed by atoms with van der Waals surface area (Å²) in [6, 6.07) is 0. The fourth-order valence-electron chi connectivity index (χ4n) is 0.485. The van der Waals surface area contributed by atoms with Gasteiger partial charge in [-0.05, 0) is 6.42 Å². The van der Waals surface area contributed by atoms with Crippen molar-refractivity contribution in [1.29, 1.82) is 0 Å². The Bertz CT molecular complexity index is 55.9. The molecule has 0 heterocycles. The van der Waals surface area contributed by atoms with E-state index in [0.717, 1.165) is 0 Å². The van der Waals surface area contributed by atoms with Gasteiger partial charge in [0.05, 0.1) is 19.8 Å². The molecule has 0 aromatic carbocycles. The summed E-state index contributed by atoms with van der Waals surface area (Å²) >= 11 is 0. The summed E-state index contributed by atoms with van der Waals surface area (Å²) in [5.74, 6) is 0. The first-order chi connectivity index (χ1) is 4.24. The van der Waals surface area contributed by atoms with Crippen molar-refractivity contribution >= 4 is 0 Å². The molecular weight excluding hydrogens is 213 g/mol. The Balaban J connectivity index is 0. The molecule has 61 valence electrons. The summed E-state index contributed by atoms with van der Waals surface area (Å²) in [5.41, 5.74) is -0.667. The summed E-state index contributed by atoms with van der Waals surface area (Å²) in [4.78, 5) is 0. The fraction of sp³-hybridized carbons (Fsp3) is 1.00. The smallest absolute Gasteiger partial charge is 0.0531 e. The van der Waals surface area contributed by atoms with Crippen LogP contribution in [0.5, 0.6) is 0 Å². The molecule has 1 radical (unpaired) electrons. The van der Waals surface area contributed by atoms with Gasteiger partial charge in [0.1, 0.15) is 0 Å². The SMILES string of the molecule is CCC(CO)(CO)CO.[Nb]. The van der Waals surface area contributed by atoms with E-state index >= 15 is 0 Å². The van der Waals surface area contributed by atoms with Crippen molar-refractivity contribution in [2.75, 3.05) is 19.8 Å². The number of rotatable bonds is 4. The van der Waals surface area contributed by atoms with Gasteiger partial charge in [-0.15, -0.1) is 0 Å². The maximum absolute atomic E-state index is 8.66. The molecule has 0 aliphatic rings. The number of hydrogen-bond donors (Lipinski definition) is 3. The van der Waals surface area contributed by atoms with E-state index in [9.17, 15) is 0 Å². The van der Waals surface area contributed by atoms with Crippen molar-refractivity contribution in [3.63, 3.8) is 0 Å². The zero-order valence-corrected chi connectivity index (χ0v) is 8.32. The van der Waals surface area contributed by atoms with E-state index in [2.05, 4.69) is 0 Å². The predicted molar refractivity (Wildman–Crippen MR) is 34.0 cm³/mol. The Kier molecular flexibility index (Phi) is 8.38. The first-order valence-electron chi connectivity index (χ1n) is 3.07. The Morgan fingerprint density at radius 2 is 1.30 bits per heavy atom. The minimum Gasteiger partial charge on any atom is -0.396 e. The van der Waals surface area contributed by atoms with E-state index in [4.69, 9.17) is 15.3 Å². The van der Waals surface area contributed by atoms with Crippen molar-refractivity contribution in [1.82, 2.24) is 0 Å². The Morgan fingerprint density at radius 3 is 1.30 bits per heavy atom. The van der Waals surface area contributed by atoms with Gasteiger partial charge in [0, 0.05) is 27.8 Å². The van der Waals surface area contributed by atoms with Gasteiger partial charge in [-0.25, -0.2) is 0 Å². The van der Waals surface area contributed by atoms with Gasteiger partial charge >= 0.3 is 0 Å². The average molecular weight is 227 g/mol. The first kappa shape index (κ1) is 13.2. The second-order valence-electron chi connectivity index (χ2n) is 2.33. The molecule has 0 saturated heterocycles. The summed E-state index contributed by atoms with van der Waals surface area (Å²) in [5, 5.41) is 26.0. The molecule has 0 aromatic rings. The van der Waals surface area contributed by atoms with Crippen LogP contribution in [0.4, 0.5) is 0 Å². The molecule has 0 saturated carbocycles. The van der Waals surface area contributed by atoms with Crippen molar-refractivity contribution in [2.24, 2.45) is 5.41 Å². The molecular formula is C6H14NbO3. The first-order valence-corrected chi connectivity index (χ1v) is 3.07. The van der Waals surface area contributed by atoms with E-state index in [1.807, 2.05) is 6.92 Å². The van der Waals surface area contributed by atoms with E-state index in [-0.39, 0.29) is 42.2 Å². The summed E-state index contributed by atoms with van der Waals surface area (Å²) < 4.78 is 0. The zero-order chi connectivity index (χ0) is 7.33. The fourth-order valence-corrected chi connectivity index (χ4v) is 0.485. The van der Waals surface area contributed by atoms with E-state index < -0.39 is 5.41 Å². The molecule has 4 heteroatoms. The second kappa shape index (κ2) is 6.34. The van der Waals surface area contributed by atoms with Gasteiger partial charge in [-0.2, -0.15) is 0 Å². The van der Waals surface area contributed by atoms with Crippen molar-refractivity contribution in [3.8, 4) is 0 Å². The third-order valence-corrected chi connectivity index (χ3v) is 1.76.